The molecule has 1 rings (SSSR count). The monoisotopic (exact) mass is 138 g/mol. The van der Waals surface area contributed by atoms with Crippen molar-refractivity contribution >= 4 is 5.69 Å². The van der Waals surface area contributed by atoms with Gasteiger partial charge in [-0.3, -0.25) is 0 Å². The maximum absolute atomic E-state index is 9.98. The first kappa shape index (κ1) is 6.99. The maximum atomic E-state index is 9.98. The van der Waals surface area contributed by atoms with E-state index in [1.165, 1.54) is 0 Å². The van der Waals surface area contributed by atoms with Crippen LogP contribution in [0, 0.1) is 4.91 Å². The lowest BCUT2D eigenvalue weighted by molar-refractivity contribution is 0.604. The molecule has 0 aromatic carbocycles. The van der Waals surface area contributed by atoms with Crippen molar-refractivity contribution in [1.82, 2.24) is 4.57 Å². The summed E-state index contributed by atoms with van der Waals surface area (Å²) in [5.41, 5.74) is 0.494. The summed E-state index contributed by atoms with van der Waals surface area (Å²) in [5, 5.41) is 2.80. The summed E-state index contributed by atoms with van der Waals surface area (Å²) in [6, 6.07) is 2.10. The van der Waals surface area contributed by atoms with Crippen molar-refractivity contribution in [2.75, 3.05) is 0 Å². The molecule has 1 heterocycles. The van der Waals surface area contributed by atoms with E-state index < -0.39 is 0 Å². The molecule has 1 aromatic heterocycles. The van der Waals surface area contributed by atoms with Gasteiger partial charge in [0, 0.05) is 18.4 Å². The fourth-order valence-electron chi connectivity index (χ4n) is 0.776. The first-order valence-corrected chi connectivity index (χ1v) is 3.25. The van der Waals surface area contributed by atoms with Gasteiger partial charge >= 0.3 is 0 Å². The quantitative estimate of drug-likeness (QED) is 0.578. The van der Waals surface area contributed by atoms with Gasteiger partial charge in [-0.25, -0.2) is 0 Å². The highest BCUT2D eigenvalue weighted by atomic mass is 16.3. The summed E-state index contributed by atoms with van der Waals surface area (Å²) in [6.45, 7) is 4.10. The lowest BCUT2D eigenvalue weighted by atomic mass is 10.4. The van der Waals surface area contributed by atoms with Gasteiger partial charge < -0.3 is 4.57 Å². The van der Waals surface area contributed by atoms with Gasteiger partial charge in [-0.15, -0.1) is 4.91 Å². The second kappa shape index (κ2) is 2.64. The highest BCUT2D eigenvalue weighted by molar-refractivity contribution is 5.33. The summed E-state index contributed by atoms with van der Waals surface area (Å²) in [5.74, 6) is 0. The van der Waals surface area contributed by atoms with E-state index in [2.05, 4.69) is 19.0 Å². The molecule has 0 atom stereocenters. The Morgan fingerprint density at radius 1 is 1.60 bits per heavy atom. The van der Waals surface area contributed by atoms with Crippen LogP contribution in [0.25, 0.3) is 0 Å². The molecule has 0 bridgehead atoms. The largest absolute Gasteiger partial charge is 0.349 e. The zero-order valence-corrected chi connectivity index (χ0v) is 6.11. The first-order chi connectivity index (χ1) is 4.74. The van der Waals surface area contributed by atoms with Crippen LogP contribution in [0.2, 0.25) is 0 Å². The zero-order chi connectivity index (χ0) is 7.56. The SMILES string of the molecule is CC(C)n1ccc(N=O)c1. The average molecular weight is 138 g/mol. The van der Waals surface area contributed by atoms with Gasteiger partial charge in [0.1, 0.15) is 5.69 Å². The lowest BCUT2D eigenvalue weighted by Crippen LogP contribution is -1.94. The Labute approximate surface area is 59.6 Å². The van der Waals surface area contributed by atoms with Gasteiger partial charge in [0.15, 0.2) is 0 Å². The summed E-state index contributed by atoms with van der Waals surface area (Å²) >= 11 is 0. The van der Waals surface area contributed by atoms with E-state index in [-0.39, 0.29) is 0 Å². The average Bonchev–Trinajstić information content (AvgIpc) is 2.34. The fourth-order valence-corrected chi connectivity index (χ4v) is 0.776. The fraction of sp³-hybridized carbons (Fsp3) is 0.429. The van der Waals surface area contributed by atoms with Crippen molar-refractivity contribution in [1.29, 1.82) is 0 Å². The lowest BCUT2D eigenvalue weighted by Gasteiger charge is -2.04. The number of aromatic nitrogens is 1. The van der Waals surface area contributed by atoms with Crippen molar-refractivity contribution in [2.45, 2.75) is 19.9 Å². The third-order valence-corrected chi connectivity index (χ3v) is 1.40. The summed E-state index contributed by atoms with van der Waals surface area (Å²) in [4.78, 5) is 9.98. The molecule has 54 valence electrons. The number of nitrogens with zero attached hydrogens (tertiary/aromatic N) is 2. The Balaban J connectivity index is 2.88. The summed E-state index contributed by atoms with van der Waals surface area (Å²) in [6.07, 6.45) is 3.58. The van der Waals surface area contributed by atoms with Crippen molar-refractivity contribution in [2.24, 2.45) is 5.18 Å². The Morgan fingerprint density at radius 3 is 2.60 bits per heavy atom. The molecule has 0 aliphatic rings. The van der Waals surface area contributed by atoms with Crippen molar-refractivity contribution in [3.63, 3.8) is 0 Å². The van der Waals surface area contributed by atoms with Crippen LogP contribution in [0.15, 0.2) is 23.6 Å². The number of rotatable bonds is 2. The highest BCUT2D eigenvalue weighted by Gasteiger charge is 1.97. The molecule has 0 aliphatic heterocycles. The molecule has 3 heteroatoms. The van der Waals surface area contributed by atoms with E-state index in [0.29, 0.717) is 11.7 Å². The maximum Gasteiger partial charge on any atom is 0.125 e. The van der Waals surface area contributed by atoms with Crippen LogP contribution in [0.3, 0.4) is 0 Å². The van der Waals surface area contributed by atoms with Crippen LogP contribution in [0.4, 0.5) is 5.69 Å². The first-order valence-electron chi connectivity index (χ1n) is 3.25. The third-order valence-electron chi connectivity index (χ3n) is 1.40. The van der Waals surface area contributed by atoms with E-state index >= 15 is 0 Å². The number of hydrogen-bond donors (Lipinski definition) is 0. The minimum Gasteiger partial charge on any atom is -0.349 e. The van der Waals surface area contributed by atoms with Crippen molar-refractivity contribution in [3.8, 4) is 0 Å². The van der Waals surface area contributed by atoms with Gasteiger partial charge in [-0.1, -0.05) is 0 Å². The smallest absolute Gasteiger partial charge is 0.125 e. The van der Waals surface area contributed by atoms with E-state index in [1.54, 1.807) is 12.3 Å². The van der Waals surface area contributed by atoms with Gasteiger partial charge in [0.2, 0.25) is 0 Å². The summed E-state index contributed by atoms with van der Waals surface area (Å²) < 4.78 is 1.94. The summed E-state index contributed by atoms with van der Waals surface area (Å²) in [7, 11) is 0. The van der Waals surface area contributed by atoms with E-state index in [4.69, 9.17) is 0 Å². The highest BCUT2D eigenvalue weighted by Crippen LogP contribution is 2.14. The second-order valence-electron chi connectivity index (χ2n) is 2.50. The Kier molecular flexibility index (Phi) is 1.85. The standard InChI is InChI=1S/C7H10N2O/c1-6(2)9-4-3-7(5-9)8-10/h3-6H,1-2H3. The van der Waals surface area contributed by atoms with Crippen LogP contribution >= 0.6 is 0 Å². The van der Waals surface area contributed by atoms with E-state index in [0.717, 1.165) is 0 Å². The number of hydrogen-bond acceptors (Lipinski definition) is 2. The zero-order valence-electron chi connectivity index (χ0n) is 6.11. The Morgan fingerprint density at radius 2 is 2.30 bits per heavy atom. The van der Waals surface area contributed by atoms with Crippen LogP contribution < -0.4 is 0 Å². The molecule has 0 saturated heterocycles. The minimum absolute atomic E-state index is 0.399. The van der Waals surface area contributed by atoms with Crippen LogP contribution in [-0.2, 0) is 0 Å². The molecule has 0 fully saturated rings. The molecular weight excluding hydrogens is 128 g/mol. The van der Waals surface area contributed by atoms with E-state index in [9.17, 15) is 4.91 Å². The molecule has 0 saturated carbocycles. The predicted molar refractivity (Wildman–Crippen MR) is 40.3 cm³/mol. The van der Waals surface area contributed by atoms with Crippen LogP contribution in [0.1, 0.15) is 19.9 Å². The normalized spacial score (nSPS) is 10.3. The molecule has 0 N–H and O–H groups in total. The van der Waals surface area contributed by atoms with Gasteiger partial charge in [0.05, 0.1) is 0 Å². The van der Waals surface area contributed by atoms with Crippen molar-refractivity contribution in [3.05, 3.63) is 23.4 Å². The molecule has 0 radical (unpaired) electrons. The molecule has 3 nitrogen and oxygen atoms in total. The molecule has 0 spiro atoms. The molecule has 10 heavy (non-hydrogen) atoms. The molecule has 0 amide bonds. The Hall–Kier alpha value is -1.12. The Bertz CT molecular complexity index is 227. The third kappa shape index (κ3) is 1.23. The van der Waals surface area contributed by atoms with Crippen LogP contribution in [-0.4, -0.2) is 4.57 Å². The van der Waals surface area contributed by atoms with E-state index in [1.807, 2.05) is 10.8 Å². The molecule has 0 unspecified atom stereocenters. The number of nitroso groups, excluding NO2 is 1. The van der Waals surface area contributed by atoms with Gasteiger partial charge in [0.25, 0.3) is 0 Å². The topological polar surface area (TPSA) is 34.4 Å². The minimum atomic E-state index is 0.399. The van der Waals surface area contributed by atoms with Gasteiger partial charge in [-0.05, 0) is 25.1 Å². The second-order valence-corrected chi connectivity index (χ2v) is 2.50. The molecule has 1 aromatic rings. The molecule has 0 aliphatic carbocycles. The van der Waals surface area contributed by atoms with Gasteiger partial charge in [-0.2, -0.15) is 0 Å². The predicted octanol–water partition coefficient (Wildman–Crippen LogP) is 2.47. The van der Waals surface area contributed by atoms with Crippen LogP contribution in [0.5, 0.6) is 0 Å². The van der Waals surface area contributed by atoms with Crippen molar-refractivity contribution < 1.29 is 0 Å². The molecular formula is C7H10N2O.